The molecule has 0 spiro atoms. The molecule has 1 N–H and O–H groups in total. The molecule has 0 bridgehead atoms. The van der Waals surface area contributed by atoms with E-state index in [1.165, 1.54) is 0 Å². The zero-order valence-corrected chi connectivity index (χ0v) is 11.2. The molecule has 1 heterocycles. The summed E-state index contributed by atoms with van der Waals surface area (Å²) in [7, 11) is 0. The van der Waals surface area contributed by atoms with Gasteiger partial charge in [0.2, 0.25) is 0 Å². The van der Waals surface area contributed by atoms with Crippen molar-refractivity contribution < 1.29 is 0 Å². The first-order chi connectivity index (χ1) is 7.31. The van der Waals surface area contributed by atoms with Gasteiger partial charge in [-0.1, -0.05) is 13.8 Å². The van der Waals surface area contributed by atoms with Gasteiger partial charge in [-0.3, -0.25) is 0 Å². The number of rotatable bonds is 4. The Labute approximate surface area is 97.6 Å². The molecule has 5 nitrogen and oxygen atoms in total. The summed E-state index contributed by atoms with van der Waals surface area (Å²) in [6, 6.07) is 0.326. The van der Waals surface area contributed by atoms with Crippen molar-refractivity contribution in [2.45, 2.75) is 59.7 Å². The Morgan fingerprint density at radius 3 is 2.38 bits per heavy atom. The first kappa shape index (κ1) is 13.1. The monoisotopic (exact) mass is 225 g/mol. The van der Waals surface area contributed by atoms with Crippen molar-refractivity contribution in [2.24, 2.45) is 5.92 Å². The fourth-order valence-corrected chi connectivity index (χ4v) is 1.27. The van der Waals surface area contributed by atoms with Gasteiger partial charge in [-0.25, -0.2) is 4.68 Å². The fraction of sp³-hybridized carbons (Fsp3) is 0.909. The number of nitrogens with one attached hydrogen (secondary N) is 1. The molecule has 0 aliphatic rings. The molecule has 0 amide bonds. The number of aromatic nitrogens is 4. The topological polar surface area (TPSA) is 55.6 Å². The minimum absolute atomic E-state index is 0.0812. The zero-order valence-electron chi connectivity index (χ0n) is 11.2. The Bertz CT molecular complexity index is 323. The Kier molecular flexibility index (Phi) is 4.02. The van der Waals surface area contributed by atoms with E-state index in [0.717, 1.165) is 5.82 Å². The van der Waals surface area contributed by atoms with Gasteiger partial charge in [0.05, 0.1) is 12.6 Å². The van der Waals surface area contributed by atoms with Crippen molar-refractivity contribution in [1.82, 2.24) is 25.5 Å². The van der Waals surface area contributed by atoms with Crippen molar-refractivity contribution >= 4 is 0 Å². The maximum atomic E-state index is 4.06. The van der Waals surface area contributed by atoms with Crippen molar-refractivity contribution in [1.29, 1.82) is 0 Å². The van der Waals surface area contributed by atoms with Crippen LogP contribution in [0, 0.1) is 5.92 Å². The molecule has 0 aliphatic heterocycles. The second-order valence-corrected chi connectivity index (χ2v) is 5.63. The van der Waals surface area contributed by atoms with Gasteiger partial charge in [0.15, 0.2) is 5.82 Å². The SMILES string of the molecule is CC(C)C(C)n1nnnc1CNC(C)(C)C. The van der Waals surface area contributed by atoms with Crippen LogP contribution < -0.4 is 5.32 Å². The first-order valence-electron chi connectivity index (χ1n) is 5.83. The van der Waals surface area contributed by atoms with E-state index in [0.29, 0.717) is 18.5 Å². The van der Waals surface area contributed by atoms with E-state index in [1.807, 2.05) is 4.68 Å². The highest BCUT2D eigenvalue weighted by molar-refractivity contribution is 4.86. The van der Waals surface area contributed by atoms with Crippen LogP contribution in [0.15, 0.2) is 0 Å². The lowest BCUT2D eigenvalue weighted by molar-refractivity contribution is 0.343. The standard InChI is InChI=1S/C11H23N5/c1-8(2)9(3)16-10(13-14-15-16)7-12-11(4,5)6/h8-9,12H,7H2,1-6H3. The second-order valence-electron chi connectivity index (χ2n) is 5.63. The molecule has 0 saturated carbocycles. The number of hydrogen-bond donors (Lipinski definition) is 1. The highest BCUT2D eigenvalue weighted by Crippen LogP contribution is 2.16. The molecule has 1 unspecified atom stereocenters. The van der Waals surface area contributed by atoms with E-state index >= 15 is 0 Å². The van der Waals surface area contributed by atoms with Gasteiger partial charge in [0, 0.05) is 5.54 Å². The molecule has 0 aromatic carbocycles. The van der Waals surface area contributed by atoms with Crippen LogP contribution in [0.5, 0.6) is 0 Å². The number of tetrazole rings is 1. The van der Waals surface area contributed by atoms with Crippen molar-refractivity contribution in [3.8, 4) is 0 Å². The molecule has 1 atom stereocenters. The Balaban J connectivity index is 2.71. The van der Waals surface area contributed by atoms with Crippen LogP contribution in [0.3, 0.4) is 0 Å². The predicted octanol–water partition coefficient (Wildman–Crippen LogP) is 1.78. The average Bonchev–Trinajstić information content (AvgIpc) is 2.59. The smallest absolute Gasteiger partial charge is 0.165 e. The van der Waals surface area contributed by atoms with E-state index in [2.05, 4.69) is 62.4 Å². The van der Waals surface area contributed by atoms with Gasteiger partial charge >= 0.3 is 0 Å². The maximum Gasteiger partial charge on any atom is 0.165 e. The molecule has 1 rings (SSSR count). The van der Waals surface area contributed by atoms with E-state index in [1.54, 1.807) is 0 Å². The molecule has 1 aromatic heterocycles. The lowest BCUT2D eigenvalue weighted by Gasteiger charge is -2.21. The van der Waals surface area contributed by atoms with Gasteiger partial charge in [0.25, 0.3) is 0 Å². The summed E-state index contributed by atoms with van der Waals surface area (Å²) in [4.78, 5) is 0. The predicted molar refractivity (Wildman–Crippen MR) is 64.0 cm³/mol. The van der Waals surface area contributed by atoms with E-state index in [-0.39, 0.29) is 5.54 Å². The minimum atomic E-state index is 0.0812. The van der Waals surface area contributed by atoms with E-state index in [9.17, 15) is 0 Å². The third kappa shape index (κ3) is 3.56. The van der Waals surface area contributed by atoms with Crippen LogP contribution in [0.1, 0.15) is 53.4 Å². The largest absolute Gasteiger partial charge is 0.305 e. The lowest BCUT2D eigenvalue weighted by atomic mass is 10.1. The summed E-state index contributed by atoms with van der Waals surface area (Å²) in [5.41, 5.74) is 0.0812. The number of nitrogens with zero attached hydrogens (tertiary/aromatic N) is 4. The fourth-order valence-electron chi connectivity index (χ4n) is 1.27. The summed E-state index contributed by atoms with van der Waals surface area (Å²) >= 11 is 0. The third-order valence-electron chi connectivity index (χ3n) is 2.69. The highest BCUT2D eigenvalue weighted by atomic mass is 15.6. The molecule has 0 saturated heterocycles. The summed E-state index contributed by atoms with van der Waals surface area (Å²) in [6.07, 6.45) is 0. The van der Waals surface area contributed by atoms with E-state index in [4.69, 9.17) is 0 Å². The molecule has 1 aromatic rings. The Morgan fingerprint density at radius 1 is 1.25 bits per heavy atom. The maximum absolute atomic E-state index is 4.06. The molecule has 92 valence electrons. The molecular formula is C11H23N5. The summed E-state index contributed by atoms with van der Waals surface area (Å²) in [5, 5.41) is 15.3. The van der Waals surface area contributed by atoms with Gasteiger partial charge < -0.3 is 5.32 Å². The second kappa shape index (κ2) is 4.91. The molecule has 0 aliphatic carbocycles. The van der Waals surface area contributed by atoms with Crippen LogP contribution in [-0.2, 0) is 6.54 Å². The van der Waals surface area contributed by atoms with Crippen molar-refractivity contribution in [2.75, 3.05) is 0 Å². The quantitative estimate of drug-likeness (QED) is 0.848. The van der Waals surface area contributed by atoms with Crippen LogP contribution in [-0.4, -0.2) is 25.7 Å². The molecular weight excluding hydrogens is 202 g/mol. The van der Waals surface area contributed by atoms with Crippen LogP contribution in [0.2, 0.25) is 0 Å². The van der Waals surface area contributed by atoms with Gasteiger partial charge in [0.1, 0.15) is 0 Å². The van der Waals surface area contributed by atoms with Crippen molar-refractivity contribution in [3.05, 3.63) is 5.82 Å². The number of hydrogen-bond acceptors (Lipinski definition) is 4. The first-order valence-corrected chi connectivity index (χ1v) is 5.83. The Hall–Kier alpha value is -0.970. The van der Waals surface area contributed by atoms with Crippen LogP contribution >= 0.6 is 0 Å². The minimum Gasteiger partial charge on any atom is -0.305 e. The summed E-state index contributed by atoms with van der Waals surface area (Å²) in [5.74, 6) is 1.42. The van der Waals surface area contributed by atoms with Crippen molar-refractivity contribution in [3.63, 3.8) is 0 Å². The summed E-state index contributed by atoms with van der Waals surface area (Å²) in [6.45, 7) is 13.6. The molecule has 5 heteroatoms. The van der Waals surface area contributed by atoms with E-state index < -0.39 is 0 Å². The Morgan fingerprint density at radius 2 is 1.88 bits per heavy atom. The third-order valence-corrected chi connectivity index (χ3v) is 2.69. The van der Waals surface area contributed by atoms with Gasteiger partial charge in [-0.05, 0) is 44.0 Å². The molecule has 16 heavy (non-hydrogen) atoms. The molecule has 0 radical (unpaired) electrons. The van der Waals surface area contributed by atoms with Crippen LogP contribution in [0.4, 0.5) is 0 Å². The van der Waals surface area contributed by atoms with Gasteiger partial charge in [-0.15, -0.1) is 5.10 Å². The van der Waals surface area contributed by atoms with Gasteiger partial charge in [-0.2, -0.15) is 0 Å². The zero-order chi connectivity index (χ0) is 12.3. The molecule has 0 fully saturated rings. The average molecular weight is 225 g/mol. The lowest BCUT2D eigenvalue weighted by Crippen LogP contribution is -2.36. The normalized spacial score (nSPS) is 14.4. The summed E-state index contributed by atoms with van der Waals surface area (Å²) < 4.78 is 1.91. The van der Waals surface area contributed by atoms with Crippen LogP contribution in [0.25, 0.3) is 0 Å². The highest BCUT2D eigenvalue weighted by Gasteiger charge is 2.17.